The summed E-state index contributed by atoms with van der Waals surface area (Å²) in [7, 11) is -3.87. The first-order chi connectivity index (χ1) is 19.8. The normalized spacial score (nSPS) is 13.2. The van der Waals surface area contributed by atoms with Crippen molar-refractivity contribution in [2.75, 3.05) is 36.4 Å². The first-order valence-electron chi connectivity index (χ1n) is 13.9. The van der Waals surface area contributed by atoms with Crippen LogP contribution in [0.5, 0.6) is 11.5 Å². The van der Waals surface area contributed by atoms with Gasteiger partial charge in [-0.05, 0) is 36.6 Å². The number of nitrogens with one attached hydrogen (secondary N) is 1. The number of amides is 2. The van der Waals surface area contributed by atoms with Crippen molar-refractivity contribution < 1.29 is 27.5 Å². The first-order valence-corrected chi connectivity index (χ1v) is 15.5. The number of rotatable bonds is 13. The van der Waals surface area contributed by atoms with Gasteiger partial charge in [-0.2, -0.15) is 0 Å². The van der Waals surface area contributed by atoms with Crippen molar-refractivity contribution in [3.63, 3.8) is 0 Å². The number of nitrogens with zero attached hydrogens (tertiary/aromatic N) is 2. The molecule has 0 unspecified atom stereocenters. The third-order valence-electron chi connectivity index (χ3n) is 6.81. The molecule has 41 heavy (non-hydrogen) atoms. The summed E-state index contributed by atoms with van der Waals surface area (Å²) in [5.74, 6) is -0.0591. The fourth-order valence-corrected chi connectivity index (χ4v) is 5.66. The molecule has 0 saturated heterocycles. The summed E-state index contributed by atoms with van der Waals surface area (Å²) >= 11 is 0. The molecule has 10 heteroatoms. The predicted octanol–water partition coefficient (Wildman–Crippen LogP) is 3.78. The smallest absolute Gasteiger partial charge is 0.244 e. The van der Waals surface area contributed by atoms with Crippen LogP contribution in [0.4, 0.5) is 5.69 Å². The zero-order valence-corrected chi connectivity index (χ0v) is 24.3. The molecule has 0 spiro atoms. The third-order valence-corrected chi connectivity index (χ3v) is 8.55. The predicted molar refractivity (Wildman–Crippen MR) is 158 cm³/mol. The molecule has 1 aliphatic heterocycles. The number of carbonyl (C=O) groups excluding carboxylic acids is 2. The minimum absolute atomic E-state index is 0.137. The lowest BCUT2D eigenvalue weighted by Gasteiger charge is -2.34. The maximum atomic E-state index is 14.2. The van der Waals surface area contributed by atoms with Crippen molar-refractivity contribution in [3.8, 4) is 11.5 Å². The lowest BCUT2D eigenvalue weighted by molar-refractivity contribution is -0.140. The number of sulfonamides is 1. The molecular formula is C31H37N3O6S. The van der Waals surface area contributed by atoms with Gasteiger partial charge in [0.2, 0.25) is 21.8 Å². The Hall–Kier alpha value is -4.05. The molecule has 0 saturated carbocycles. The molecule has 1 N–H and O–H groups in total. The molecule has 0 fully saturated rings. The summed E-state index contributed by atoms with van der Waals surface area (Å²) in [6.45, 7) is 4.36. The molecule has 0 bridgehead atoms. The number of anilines is 1. The van der Waals surface area contributed by atoms with E-state index >= 15 is 0 Å². The maximum Gasteiger partial charge on any atom is 0.244 e. The van der Waals surface area contributed by atoms with Gasteiger partial charge in [0.1, 0.15) is 25.8 Å². The van der Waals surface area contributed by atoms with Gasteiger partial charge in [0.05, 0.1) is 11.4 Å². The molecule has 9 nitrogen and oxygen atoms in total. The fraction of sp³-hybridized carbons (Fsp3) is 0.355. The Labute approximate surface area is 242 Å². The van der Waals surface area contributed by atoms with Crippen LogP contribution in [0.25, 0.3) is 0 Å². The van der Waals surface area contributed by atoms with E-state index in [2.05, 4.69) is 5.32 Å². The number of carbonyl (C=O) groups is 2. The Morgan fingerprint density at radius 3 is 2.15 bits per heavy atom. The average Bonchev–Trinajstić information content (AvgIpc) is 3.01. The molecule has 4 rings (SSSR count). The lowest BCUT2D eigenvalue weighted by Crippen LogP contribution is -2.53. The van der Waals surface area contributed by atoms with Crippen LogP contribution in [0.15, 0.2) is 78.9 Å². The summed E-state index contributed by atoms with van der Waals surface area (Å²) in [4.78, 5) is 29.2. The van der Waals surface area contributed by atoms with Crippen LogP contribution in [0.1, 0.15) is 31.4 Å². The summed E-state index contributed by atoms with van der Waals surface area (Å²) < 4.78 is 39.0. The second-order valence-corrected chi connectivity index (χ2v) is 11.9. The van der Waals surface area contributed by atoms with E-state index in [0.29, 0.717) is 36.9 Å². The molecule has 1 atom stereocenters. The van der Waals surface area contributed by atoms with E-state index in [1.165, 1.54) is 11.8 Å². The SMILES string of the molecule is CCCNC(=O)[C@H](Cc1ccccc1)N(Cc1ccccc1)C(=O)CN(c1ccc2c(c1)OCCO2)S(=O)(=O)CC. The Morgan fingerprint density at radius 1 is 0.878 bits per heavy atom. The van der Waals surface area contributed by atoms with Crippen molar-refractivity contribution in [1.29, 1.82) is 0 Å². The van der Waals surface area contributed by atoms with Gasteiger partial charge in [-0.3, -0.25) is 13.9 Å². The molecular weight excluding hydrogens is 542 g/mol. The Bertz CT molecular complexity index is 1420. The first kappa shape index (κ1) is 29.9. The molecule has 0 aliphatic carbocycles. The van der Waals surface area contributed by atoms with Gasteiger partial charge in [0.15, 0.2) is 11.5 Å². The zero-order valence-electron chi connectivity index (χ0n) is 23.5. The van der Waals surface area contributed by atoms with E-state index in [-0.39, 0.29) is 24.6 Å². The average molecular weight is 580 g/mol. The number of hydrogen-bond acceptors (Lipinski definition) is 6. The fourth-order valence-electron chi connectivity index (χ4n) is 4.61. The van der Waals surface area contributed by atoms with E-state index in [1.54, 1.807) is 18.2 Å². The second kappa shape index (κ2) is 14.0. The van der Waals surface area contributed by atoms with E-state index in [9.17, 15) is 18.0 Å². The third kappa shape index (κ3) is 7.79. The van der Waals surface area contributed by atoms with E-state index in [0.717, 1.165) is 21.9 Å². The van der Waals surface area contributed by atoms with Gasteiger partial charge in [-0.1, -0.05) is 67.6 Å². The molecule has 0 radical (unpaired) electrons. The summed E-state index contributed by atoms with van der Waals surface area (Å²) in [5, 5.41) is 2.94. The standard InChI is InChI=1S/C31H37N3O6S/c1-3-17-32-31(36)27(20-24-11-7-5-8-12-24)33(22-25-13-9-6-10-14-25)30(35)23-34(41(37,38)4-2)26-15-16-28-29(21-26)40-19-18-39-28/h5-16,21,27H,3-4,17-20,22-23H2,1-2H3,(H,32,36)/t27-/m0/s1. The monoisotopic (exact) mass is 579 g/mol. The van der Waals surface area contributed by atoms with Gasteiger partial charge in [0.25, 0.3) is 0 Å². The van der Waals surface area contributed by atoms with Crippen LogP contribution in [-0.2, 0) is 32.6 Å². The van der Waals surface area contributed by atoms with Crippen LogP contribution >= 0.6 is 0 Å². The van der Waals surface area contributed by atoms with Crippen LogP contribution in [-0.4, -0.2) is 63.2 Å². The van der Waals surface area contributed by atoms with Gasteiger partial charge < -0.3 is 19.7 Å². The highest BCUT2D eigenvalue weighted by Crippen LogP contribution is 2.35. The molecule has 1 heterocycles. The quantitative estimate of drug-likeness (QED) is 0.331. The molecule has 218 valence electrons. The highest BCUT2D eigenvalue weighted by atomic mass is 32.2. The minimum Gasteiger partial charge on any atom is -0.486 e. The number of ether oxygens (including phenoxy) is 2. The van der Waals surface area contributed by atoms with Crippen molar-refractivity contribution in [2.45, 2.75) is 39.3 Å². The topological polar surface area (TPSA) is 105 Å². The van der Waals surface area contributed by atoms with Crippen molar-refractivity contribution in [3.05, 3.63) is 90.0 Å². The van der Waals surface area contributed by atoms with Crippen LogP contribution in [0, 0.1) is 0 Å². The van der Waals surface area contributed by atoms with Crippen LogP contribution in [0.2, 0.25) is 0 Å². The Morgan fingerprint density at radius 2 is 1.51 bits per heavy atom. The molecule has 1 aliphatic rings. The molecule has 0 aromatic heterocycles. The van der Waals surface area contributed by atoms with E-state index in [1.807, 2.05) is 67.6 Å². The van der Waals surface area contributed by atoms with Crippen molar-refractivity contribution in [1.82, 2.24) is 10.2 Å². The minimum atomic E-state index is -3.87. The highest BCUT2D eigenvalue weighted by molar-refractivity contribution is 7.92. The van der Waals surface area contributed by atoms with Gasteiger partial charge in [0, 0.05) is 25.6 Å². The lowest BCUT2D eigenvalue weighted by atomic mass is 10.0. The number of benzene rings is 3. The largest absolute Gasteiger partial charge is 0.486 e. The van der Waals surface area contributed by atoms with Crippen molar-refractivity contribution in [2.24, 2.45) is 0 Å². The number of fused-ring (bicyclic) bond motifs is 1. The van der Waals surface area contributed by atoms with Gasteiger partial charge in [-0.15, -0.1) is 0 Å². The Balaban J connectivity index is 1.72. The summed E-state index contributed by atoms with van der Waals surface area (Å²) in [6, 6.07) is 22.8. The number of hydrogen-bond donors (Lipinski definition) is 1. The van der Waals surface area contributed by atoms with Gasteiger partial charge >= 0.3 is 0 Å². The Kier molecular flexibility index (Phi) is 10.2. The zero-order chi connectivity index (χ0) is 29.2. The summed E-state index contributed by atoms with van der Waals surface area (Å²) in [5.41, 5.74) is 2.01. The van der Waals surface area contributed by atoms with E-state index < -0.39 is 28.5 Å². The second-order valence-electron chi connectivity index (χ2n) is 9.74. The summed E-state index contributed by atoms with van der Waals surface area (Å²) in [6.07, 6.45) is 1.02. The highest BCUT2D eigenvalue weighted by Gasteiger charge is 2.34. The van der Waals surface area contributed by atoms with E-state index in [4.69, 9.17) is 9.47 Å². The van der Waals surface area contributed by atoms with Crippen LogP contribution in [0.3, 0.4) is 0 Å². The van der Waals surface area contributed by atoms with Crippen molar-refractivity contribution >= 4 is 27.5 Å². The molecule has 2 amide bonds. The van der Waals surface area contributed by atoms with Gasteiger partial charge in [-0.25, -0.2) is 8.42 Å². The molecule has 3 aromatic rings. The molecule has 3 aromatic carbocycles. The maximum absolute atomic E-state index is 14.2. The van der Waals surface area contributed by atoms with Crippen LogP contribution < -0.4 is 19.1 Å².